The predicted octanol–water partition coefficient (Wildman–Crippen LogP) is 1.68. The fourth-order valence-corrected chi connectivity index (χ4v) is 2.59. The van der Waals surface area contributed by atoms with Gasteiger partial charge in [-0.3, -0.25) is 4.90 Å². The minimum atomic E-state index is 0.366. The van der Waals surface area contributed by atoms with Crippen molar-refractivity contribution in [2.75, 3.05) is 46.5 Å². The van der Waals surface area contributed by atoms with Crippen molar-refractivity contribution in [1.82, 2.24) is 10.2 Å². The number of para-hydroxylation sites is 1. The summed E-state index contributed by atoms with van der Waals surface area (Å²) in [4.78, 5) is 2.48. The molecular weight excluding hydrogens is 240 g/mol. The number of methoxy groups -OCH3 is 1. The molecule has 4 nitrogen and oxygen atoms in total. The van der Waals surface area contributed by atoms with Gasteiger partial charge in [-0.05, 0) is 13.0 Å². The lowest BCUT2D eigenvalue weighted by Gasteiger charge is -2.36. The lowest BCUT2D eigenvalue weighted by atomic mass is 10.0. The maximum atomic E-state index is 5.49. The van der Waals surface area contributed by atoms with Crippen molar-refractivity contribution in [2.24, 2.45) is 0 Å². The molecule has 0 aromatic heterocycles. The number of benzene rings is 1. The van der Waals surface area contributed by atoms with Crippen LogP contribution in [0.4, 0.5) is 0 Å². The first-order valence-corrected chi connectivity index (χ1v) is 7.02. The molecule has 1 atom stereocenters. The lowest BCUT2D eigenvalue weighted by molar-refractivity contribution is 0.0821. The highest BCUT2D eigenvalue weighted by atomic mass is 16.5. The standard InChI is InChI=1S/C15H24N2O2/c1-3-19-11-10-17-9-8-16-12-14(17)13-6-4-5-7-15(13)18-2/h4-7,14,16H,3,8-12H2,1-2H3. The van der Waals surface area contributed by atoms with Gasteiger partial charge >= 0.3 is 0 Å². The second-order valence-corrected chi connectivity index (χ2v) is 4.69. The van der Waals surface area contributed by atoms with Gasteiger partial charge in [0.2, 0.25) is 0 Å². The number of piperazine rings is 1. The Morgan fingerprint density at radius 2 is 2.21 bits per heavy atom. The first kappa shape index (κ1) is 14.3. The monoisotopic (exact) mass is 264 g/mol. The number of hydrogen-bond acceptors (Lipinski definition) is 4. The molecule has 19 heavy (non-hydrogen) atoms. The molecule has 0 radical (unpaired) electrons. The molecule has 1 fully saturated rings. The quantitative estimate of drug-likeness (QED) is 0.793. The molecule has 1 heterocycles. The minimum absolute atomic E-state index is 0.366. The maximum absolute atomic E-state index is 5.49. The zero-order valence-electron chi connectivity index (χ0n) is 11.9. The van der Waals surface area contributed by atoms with E-state index in [0.29, 0.717) is 6.04 Å². The molecule has 0 aliphatic carbocycles. The van der Waals surface area contributed by atoms with E-state index in [2.05, 4.69) is 22.3 Å². The number of nitrogens with one attached hydrogen (secondary N) is 1. The molecule has 4 heteroatoms. The van der Waals surface area contributed by atoms with Crippen LogP contribution in [0.1, 0.15) is 18.5 Å². The van der Waals surface area contributed by atoms with Crippen LogP contribution in [-0.2, 0) is 4.74 Å². The summed E-state index contributed by atoms with van der Waals surface area (Å²) in [7, 11) is 1.74. The van der Waals surface area contributed by atoms with Crippen LogP contribution >= 0.6 is 0 Å². The molecule has 1 aliphatic rings. The zero-order valence-corrected chi connectivity index (χ0v) is 11.9. The van der Waals surface area contributed by atoms with Crippen molar-refractivity contribution in [3.05, 3.63) is 29.8 Å². The van der Waals surface area contributed by atoms with Gasteiger partial charge in [-0.2, -0.15) is 0 Å². The highest BCUT2D eigenvalue weighted by Crippen LogP contribution is 2.29. The van der Waals surface area contributed by atoms with E-state index < -0.39 is 0 Å². The van der Waals surface area contributed by atoms with Crippen LogP contribution in [0.3, 0.4) is 0 Å². The molecule has 1 aromatic rings. The van der Waals surface area contributed by atoms with Crippen LogP contribution in [0.2, 0.25) is 0 Å². The first-order valence-electron chi connectivity index (χ1n) is 7.02. The van der Waals surface area contributed by atoms with E-state index in [1.165, 1.54) is 5.56 Å². The van der Waals surface area contributed by atoms with Crippen molar-refractivity contribution in [3.8, 4) is 5.75 Å². The maximum Gasteiger partial charge on any atom is 0.123 e. The van der Waals surface area contributed by atoms with E-state index in [1.54, 1.807) is 7.11 Å². The molecule has 0 amide bonds. The van der Waals surface area contributed by atoms with Gasteiger partial charge in [0, 0.05) is 38.3 Å². The Balaban J connectivity index is 2.09. The van der Waals surface area contributed by atoms with E-state index in [0.717, 1.165) is 45.1 Å². The molecule has 106 valence electrons. The second kappa shape index (κ2) is 7.48. The number of ether oxygens (including phenoxy) is 2. The van der Waals surface area contributed by atoms with Crippen molar-refractivity contribution in [3.63, 3.8) is 0 Å². The van der Waals surface area contributed by atoms with E-state index >= 15 is 0 Å². The van der Waals surface area contributed by atoms with Gasteiger partial charge in [-0.1, -0.05) is 18.2 Å². The average molecular weight is 264 g/mol. The average Bonchev–Trinajstić information content (AvgIpc) is 2.48. The molecule has 1 N–H and O–H groups in total. The molecule has 0 bridgehead atoms. The van der Waals surface area contributed by atoms with Crippen molar-refractivity contribution >= 4 is 0 Å². The molecule has 0 spiro atoms. The molecule has 1 unspecified atom stereocenters. The summed E-state index contributed by atoms with van der Waals surface area (Å²) in [6, 6.07) is 8.65. The fourth-order valence-electron chi connectivity index (χ4n) is 2.59. The molecule has 0 saturated carbocycles. The summed E-state index contributed by atoms with van der Waals surface area (Å²) in [6.45, 7) is 7.64. The Morgan fingerprint density at radius 3 is 3.00 bits per heavy atom. The Kier molecular flexibility index (Phi) is 5.63. The van der Waals surface area contributed by atoms with Crippen LogP contribution in [0.5, 0.6) is 5.75 Å². The lowest BCUT2D eigenvalue weighted by Crippen LogP contribution is -2.47. The van der Waals surface area contributed by atoms with E-state index in [9.17, 15) is 0 Å². The van der Waals surface area contributed by atoms with E-state index in [-0.39, 0.29) is 0 Å². The predicted molar refractivity (Wildman–Crippen MR) is 76.7 cm³/mol. The third-order valence-corrected chi connectivity index (χ3v) is 3.58. The van der Waals surface area contributed by atoms with Crippen LogP contribution in [0.25, 0.3) is 0 Å². The largest absolute Gasteiger partial charge is 0.496 e. The Labute approximate surface area is 115 Å². The van der Waals surface area contributed by atoms with Gasteiger partial charge in [-0.25, -0.2) is 0 Å². The summed E-state index contributed by atoms with van der Waals surface area (Å²) in [6.07, 6.45) is 0. The first-order chi connectivity index (χ1) is 9.36. The van der Waals surface area contributed by atoms with Crippen LogP contribution in [0, 0.1) is 0 Å². The van der Waals surface area contributed by atoms with E-state index in [1.807, 2.05) is 19.1 Å². The van der Waals surface area contributed by atoms with Gasteiger partial charge in [0.15, 0.2) is 0 Å². The van der Waals surface area contributed by atoms with Crippen LogP contribution < -0.4 is 10.1 Å². The summed E-state index contributed by atoms with van der Waals surface area (Å²) in [5.41, 5.74) is 1.26. The fraction of sp³-hybridized carbons (Fsp3) is 0.600. The van der Waals surface area contributed by atoms with Crippen molar-refractivity contribution in [2.45, 2.75) is 13.0 Å². The Morgan fingerprint density at radius 1 is 1.37 bits per heavy atom. The normalized spacial score (nSPS) is 20.4. The van der Waals surface area contributed by atoms with Crippen molar-refractivity contribution in [1.29, 1.82) is 0 Å². The minimum Gasteiger partial charge on any atom is -0.496 e. The Bertz CT molecular complexity index is 384. The third-order valence-electron chi connectivity index (χ3n) is 3.58. The molecule has 1 saturated heterocycles. The summed E-state index contributed by atoms with van der Waals surface area (Å²) >= 11 is 0. The number of hydrogen-bond donors (Lipinski definition) is 1. The smallest absolute Gasteiger partial charge is 0.123 e. The molecular formula is C15H24N2O2. The Hall–Kier alpha value is -1.10. The van der Waals surface area contributed by atoms with Crippen LogP contribution in [-0.4, -0.2) is 51.4 Å². The summed E-state index contributed by atoms with van der Waals surface area (Å²) < 4.78 is 11.0. The summed E-state index contributed by atoms with van der Waals surface area (Å²) in [5, 5.41) is 3.47. The van der Waals surface area contributed by atoms with Gasteiger partial charge in [0.25, 0.3) is 0 Å². The molecule has 1 aliphatic heterocycles. The van der Waals surface area contributed by atoms with Crippen molar-refractivity contribution < 1.29 is 9.47 Å². The van der Waals surface area contributed by atoms with Gasteiger partial charge in [0.05, 0.1) is 19.8 Å². The highest BCUT2D eigenvalue weighted by Gasteiger charge is 2.25. The molecule has 1 aromatic carbocycles. The third kappa shape index (κ3) is 3.69. The zero-order chi connectivity index (χ0) is 13.5. The van der Waals surface area contributed by atoms with Gasteiger partial charge in [-0.15, -0.1) is 0 Å². The van der Waals surface area contributed by atoms with Crippen LogP contribution in [0.15, 0.2) is 24.3 Å². The number of rotatable bonds is 6. The summed E-state index contributed by atoms with van der Waals surface area (Å²) in [5.74, 6) is 0.970. The highest BCUT2D eigenvalue weighted by molar-refractivity contribution is 5.36. The van der Waals surface area contributed by atoms with E-state index in [4.69, 9.17) is 9.47 Å². The topological polar surface area (TPSA) is 33.7 Å². The van der Waals surface area contributed by atoms with Gasteiger partial charge in [0.1, 0.15) is 5.75 Å². The molecule has 2 rings (SSSR count). The SMILES string of the molecule is CCOCCN1CCNCC1c1ccccc1OC. The number of nitrogens with zero attached hydrogens (tertiary/aromatic N) is 1. The second-order valence-electron chi connectivity index (χ2n) is 4.69. The van der Waals surface area contributed by atoms with Gasteiger partial charge < -0.3 is 14.8 Å².